The van der Waals surface area contributed by atoms with Crippen molar-refractivity contribution in [2.45, 2.75) is 18.4 Å². The van der Waals surface area contributed by atoms with Gasteiger partial charge in [-0.15, -0.1) is 24.0 Å². The Balaban J connectivity index is 0.00000576. The van der Waals surface area contributed by atoms with Crippen molar-refractivity contribution in [2.24, 2.45) is 4.99 Å². The van der Waals surface area contributed by atoms with E-state index in [2.05, 4.69) is 15.6 Å². The molecule has 0 atom stereocenters. The van der Waals surface area contributed by atoms with Crippen LogP contribution in [0, 0.1) is 6.92 Å². The summed E-state index contributed by atoms with van der Waals surface area (Å²) in [6, 6.07) is 5.31. The summed E-state index contributed by atoms with van der Waals surface area (Å²) in [6.45, 7) is 4.69. The van der Waals surface area contributed by atoms with Gasteiger partial charge in [-0.25, -0.2) is 8.42 Å². The number of nitrogens with one attached hydrogen (secondary N) is 2. The molecular weight excluding hydrogens is 457 g/mol. The van der Waals surface area contributed by atoms with E-state index >= 15 is 0 Å². The normalized spacial score (nSPS) is 11.8. The fourth-order valence-electron chi connectivity index (χ4n) is 2.13. The number of benzene rings is 1. The Hall–Kier alpha value is -0.910. The quantitative estimate of drug-likeness (QED) is 0.238. The van der Waals surface area contributed by atoms with E-state index in [1.807, 2.05) is 6.07 Å². The zero-order chi connectivity index (χ0) is 18.0. The number of ether oxygens (including phenoxy) is 2. The van der Waals surface area contributed by atoms with Gasteiger partial charge in [-0.3, -0.25) is 4.99 Å². The SMILES string of the molecule is CN=C(NCCOCCOC)NCc1ccc(S(C)(=O)=O)c(C)c1.I. The summed E-state index contributed by atoms with van der Waals surface area (Å²) in [4.78, 5) is 4.50. The number of aryl methyl sites for hydroxylation is 1. The summed E-state index contributed by atoms with van der Waals surface area (Å²) in [7, 11) is 0.143. The third-order valence-electron chi connectivity index (χ3n) is 3.29. The minimum atomic E-state index is -3.19. The zero-order valence-electron chi connectivity index (χ0n) is 15.2. The minimum absolute atomic E-state index is 0. The molecule has 25 heavy (non-hydrogen) atoms. The van der Waals surface area contributed by atoms with Gasteiger partial charge in [0.25, 0.3) is 0 Å². The third-order valence-corrected chi connectivity index (χ3v) is 4.55. The Kier molecular flexibility index (Phi) is 12.0. The second kappa shape index (κ2) is 12.4. The lowest BCUT2D eigenvalue weighted by atomic mass is 10.1. The molecule has 0 saturated heterocycles. The van der Waals surface area contributed by atoms with Crippen molar-refractivity contribution in [3.63, 3.8) is 0 Å². The van der Waals surface area contributed by atoms with Crippen LogP contribution in [0.5, 0.6) is 0 Å². The van der Waals surface area contributed by atoms with Gasteiger partial charge in [0.1, 0.15) is 0 Å². The highest BCUT2D eigenvalue weighted by atomic mass is 127. The second-order valence-electron chi connectivity index (χ2n) is 5.33. The van der Waals surface area contributed by atoms with Crippen LogP contribution < -0.4 is 10.6 Å². The number of nitrogens with zero attached hydrogens (tertiary/aromatic N) is 1. The monoisotopic (exact) mass is 485 g/mol. The lowest BCUT2D eigenvalue weighted by Gasteiger charge is -2.13. The lowest BCUT2D eigenvalue weighted by Crippen LogP contribution is -2.38. The lowest BCUT2D eigenvalue weighted by molar-refractivity contribution is 0.0733. The van der Waals surface area contributed by atoms with Gasteiger partial charge >= 0.3 is 0 Å². The number of aliphatic imine (C=N–C) groups is 1. The molecule has 1 aromatic rings. The summed E-state index contributed by atoms with van der Waals surface area (Å²) in [5, 5.41) is 6.33. The van der Waals surface area contributed by atoms with Gasteiger partial charge < -0.3 is 20.1 Å². The van der Waals surface area contributed by atoms with Crippen LogP contribution in [0.15, 0.2) is 28.1 Å². The molecule has 1 aromatic carbocycles. The maximum absolute atomic E-state index is 11.6. The Bertz CT molecular complexity index is 651. The highest BCUT2D eigenvalue weighted by Gasteiger charge is 2.10. The first-order valence-corrected chi connectivity index (χ1v) is 9.58. The predicted molar refractivity (Wildman–Crippen MR) is 111 cm³/mol. The predicted octanol–water partition coefficient (Wildman–Crippen LogP) is 1.34. The molecule has 2 N–H and O–H groups in total. The van der Waals surface area contributed by atoms with Crippen molar-refractivity contribution >= 4 is 39.8 Å². The van der Waals surface area contributed by atoms with Gasteiger partial charge in [-0.05, 0) is 24.1 Å². The fraction of sp³-hybridized carbons (Fsp3) is 0.562. The summed E-state index contributed by atoms with van der Waals surface area (Å²) in [5.74, 6) is 0.662. The first-order valence-electron chi connectivity index (χ1n) is 7.69. The smallest absolute Gasteiger partial charge is 0.191 e. The average molecular weight is 485 g/mol. The molecule has 144 valence electrons. The molecule has 0 saturated carbocycles. The highest BCUT2D eigenvalue weighted by Crippen LogP contribution is 2.16. The van der Waals surface area contributed by atoms with Gasteiger partial charge in [0.2, 0.25) is 0 Å². The van der Waals surface area contributed by atoms with Crippen LogP contribution in [0.3, 0.4) is 0 Å². The Morgan fingerprint density at radius 2 is 1.92 bits per heavy atom. The van der Waals surface area contributed by atoms with Crippen LogP contribution in [0.25, 0.3) is 0 Å². The Morgan fingerprint density at radius 3 is 2.48 bits per heavy atom. The number of rotatable bonds is 9. The summed E-state index contributed by atoms with van der Waals surface area (Å²) < 4.78 is 33.5. The first kappa shape index (κ1) is 24.1. The highest BCUT2D eigenvalue weighted by molar-refractivity contribution is 14.0. The van der Waals surface area contributed by atoms with E-state index in [0.29, 0.717) is 43.8 Å². The number of sulfone groups is 1. The number of methoxy groups -OCH3 is 1. The standard InChI is InChI=1S/C16H27N3O4S.HI/c1-13-11-14(5-6-15(13)24(4,20)21)12-19-16(17-2)18-7-8-23-10-9-22-3;/h5-6,11H,7-10,12H2,1-4H3,(H2,17,18,19);1H. The molecule has 0 radical (unpaired) electrons. The molecule has 7 nitrogen and oxygen atoms in total. The minimum Gasteiger partial charge on any atom is -0.382 e. The van der Waals surface area contributed by atoms with E-state index in [1.54, 1.807) is 33.2 Å². The Labute approximate surface area is 167 Å². The molecule has 0 aliphatic heterocycles. The molecule has 0 bridgehead atoms. The van der Waals surface area contributed by atoms with Gasteiger partial charge in [0.15, 0.2) is 15.8 Å². The van der Waals surface area contributed by atoms with Crippen molar-refractivity contribution in [3.8, 4) is 0 Å². The molecule has 0 spiro atoms. The van der Waals surface area contributed by atoms with Crippen molar-refractivity contribution in [1.29, 1.82) is 0 Å². The van der Waals surface area contributed by atoms with Gasteiger partial charge in [-0.1, -0.05) is 12.1 Å². The van der Waals surface area contributed by atoms with Crippen molar-refractivity contribution in [3.05, 3.63) is 29.3 Å². The summed E-state index contributed by atoms with van der Waals surface area (Å²) in [6.07, 6.45) is 1.22. The van der Waals surface area contributed by atoms with Crippen LogP contribution in [-0.2, 0) is 25.9 Å². The van der Waals surface area contributed by atoms with Crippen molar-refractivity contribution < 1.29 is 17.9 Å². The van der Waals surface area contributed by atoms with E-state index in [0.717, 1.165) is 11.1 Å². The molecule has 0 aromatic heterocycles. The molecule has 0 fully saturated rings. The van der Waals surface area contributed by atoms with E-state index in [1.165, 1.54) is 6.26 Å². The topological polar surface area (TPSA) is 89.0 Å². The van der Waals surface area contributed by atoms with Gasteiger partial charge in [0.05, 0.1) is 24.7 Å². The number of halogens is 1. The molecule has 0 unspecified atom stereocenters. The summed E-state index contributed by atoms with van der Waals surface area (Å²) >= 11 is 0. The third kappa shape index (κ3) is 9.38. The first-order chi connectivity index (χ1) is 11.4. The number of hydrogen-bond acceptors (Lipinski definition) is 5. The maximum Gasteiger partial charge on any atom is 0.191 e. The molecule has 0 aliphatic carbocycles. The van der Waals surface area contributed by atoms with E-state index in [4.69, 9.17) is 9.47 Å². The van der Waals surface area contributed by atoms with Crippen LogP contribution in [-0.4, -0.2) is 61.2 Å². The van der Waals surface area contributed by atoms with E-state index in [9.17, 15) is 8.42 Å². The summed E-state index contributed by atoms with van der Waals surface area (Å²) in [5.41, 5.74) is 1.73. The van der Waals surface area contributed by atoms with Gasteiger partial charge in [0, 0.05) is 33.5 Å². The van der Waals surface area contributed by atoms with Crippen LogP contribution in [0.2, 0.25) is 0 Å². The van der Waals surface area contributed by atoms with Crippen LogP contribution >= 0.6 is 24.0 Å². The molecular formula is C16H28IN3O4S. The fourth-order valence-corrected chi connectivity index (χ4v) is 3.09. The molecule has 0 heterocycles. The van der Waals surface area contributed by atoms with Crippen LogP contribution in [0.4, 0.5) is 0 Å². The van der Waals surface area contributed by atoms with Gasteiger partial charge in [-0.2, -0.15) is 0 Å². The molecule has 9 heteroatoms. The molecule has 1 rings (SSSR count). The second-order valence-corrected chi connectivity index (χ2v) is 7.31. The average Bonchev–Trinajstić information content (AvgIpc) is 2.52. The van der Waals surface area contributed by atoms with Crippen LogP contribution in [0.1, 0.15) is 11.1 Å². The Morgan fingerprint density at radius 1 is 1.20 bits per heavy atom. The zero-order valence-corrected chi connectivity index (χ0v) is 18.3. The van der Waals surface area contributed by atoms with E-state index < -0.39 is 9.84 Å². The van der Waals surface area contributed by atoms with E-state index in [-0.39, 0.29) is 24.0 Å². The molecule has 0 amide bonds. The number of hydrogen-bond donors (Lipinski definition) is 2. The van der Waals surface area contributed by atoms with Crippen molar-refractivity contribution in [1.82, 2.24) is 10.6 Å². The molecule has 0 aliphatic rings. The van der Waals surface area contributed by atoms with Crippen molar-refractivity contribution in [2.75, 3.05) is 46.8 Å². The largest absolute Gasteiger partial charge is 0.382 e. The number of guanidine groups is 1. The maximum atomic E-state index is 11.6.